The molecular weight excluding hydrogens is 849 g/mol. The Kier molecular flexibility index (Phi) is 10.6. The van der Waals surface area contributed by atoms with E-state index in [1.807, 2.05) is 32.9 Å². The van der Waals surface area contributed by atoms with Gasteiger partial charge in [-0.15, -0.1) is 5.10 Å². The lowest BCUT2D eigenvalue weighted by Crippen LogP contribution is -2.44. The zero-order valence-corrected chi connectivity index (χ0v) is 37.2. The van der Waals surface area contributed by atoms with E-state index in [1.165, 1.54) is 20.4 Å². The van der Waals surface area contributed by atoms with Crippen LogP contribution < -0.4 is 5.56 Å². The Labute approximate surface area is 377 Å². The van der Waals surface area contributed by atoms with Gasteiger partial charge in [-0.2, -0.15) is 0 Å². The van der Waals surface area contributed by atoms with Crippen molar-refractivity contribution in [2.24, 2.45) is 7.05 Å². The van der Waals surface area contributed by atoms with Crippen molar-refractivity contribution in [3.05, 3.63) is 110 Å². The molecule has 0 spiro atoms. The number of carbonyl (C=O) groups is 3. The van der Waals surface area contributed by atoms with Gasteiger partial charge in [0.05, 0.1) is 40.3 Å². The predicted molar refractivity (Wildman–Crippen MR) is 242 cm³/mol. The van der Waals surface area contributed by atoms with E-state index in [-0.39, 0.29) is 90.6 Å². The molecule has 1 unspecified atom stereocenters. The van der Waals surface area contributed by atoms with Crippen LogP contribution in [0.3, 0.4) is 0 Å². The van der Waals surface area contributed by atoms with Crippen molar-refractivity contribution in [3.8, 4) is 46.0 Å². The summed E-state index contributed by atoms with van der Waals surface area (Å²) >= 11 is 0. The number of nitrogens with zero attached hydrogens (tertiary/aromatic N) is 8. The maximum atomic E-state index is 13.9. The molecule has 0 saturated carbocycles. The van der Waals surface area contributed by atoms with E-state index in [0.29, 0.717) is 56.7 Å². The lowest BCUT2D eigenvalue weighted by Gasteiger charge is -2.31. The molecule has 5 N–H and O–H groups in total. The van der Waals surface area contributed by atoms with Gasteiger partial charge in [-0.25, -0.2) is 19.1 Å². The van der Waals surface area contributed by atoms with Gasteiger partial charge in [0.1, 0.15) is 23.8 Å². The summed E-state index contributed by atoms with van der Waals surface area (Å²) in [5.74, 6) is -1.39. The summed E-state index contributed by atoms with van der Waals surface area (Å²) in [6.07, 6.45) is -0.540. The summed E-state index contributed by atoms with van der Waals surface area (Å²) in [6, 6.07) is 16.6. The third kappa shape index (κ3) is 6.86. The normalized spacial score (nSPS) is 15.2. The number of cyclic esters (lactones) is 1. The smallest absolute Gasteiger partial charge is 0.407 e. The highest BCUT2D eigenvalue weighted by Gasteiger charge is 2.45. The molecule has 0 fully saturated rings. The third-order valence-corrected chi connectivity index (χ3v) is 13.1. The number of esters is 1. The molecule has 0 radical (unpaired) electrons. The van der Waals surface area contributed by atoms with E-state index in [4.69, 9.17) is 9.72 Å². The summed E-state index contributed by atoms with van der Waals surface area (Å²) in [7, 11) is 3.35. The van der Waals surface area contributed by atoms with Crippen LogP contribution in [0.4, 0.5) is 4.79 Å². The predicted octanol–water partition coefficient (Wildman–Crippen LogP) is 5.87. The number of aliphatic hydroxyl groups is 1. The van der Waals surface area contributed by atoms with Crippen LogP contribution in [0.2, 0.25) is 0 Å². The Hall–Kier alpha value is -7.73. The Balaban J connectivity index is 0.940. The monoisotopic (exact) mass is 896 g/mol. The summed E-state index contributed by atoms with van der Waals surface area (Å²) < 4.78 is 9.90. The summed E-state index contributed by atoms with van der Waals surface area (Å²) in [4.78, 5) is 60.7. The number of aromatic hydroxyl groups is 3. The number of benzene rings is 3. The van der Waals surface area contributed by atoms with Crippen molar-refractivity contribution in [1.82, 2.24) is 38.7 Å². The fraction of sp³-hybridized carbons (Fsp3) is 0.312. The molecule has 0 bridgehead atoms. The van der Waals surface area contributed by atoms with Crippen LogP contribution in [0.5, 0.6) is 17.5 Å². The maximum absolute atomic E-state index is 13.9. The van der Waals surface area contributed by atoms with E-state index in [2.05, 4.69) is 10.2 Å². The molecule has 66 heavy (non-hydrogen) atoms. The van der Waals surface area contributed by atoms with E-state index in [0.717, 1.165) is 16.5 Å². The number of hydrogen-bond acceptors (Lipinski definition) is 12. The molecule has 18 nitrogen and oxygen atoms in total. The van der Waals surface area contributed by atoms with Crippen molar-refractivity contribution in [1.29, 1.82) is 0 Å². The van der Waals surface area contributed by atoms with Crippen LogP contribution in [0.25, 0.3) is 50.3 Å². The number of phenolic OH excluding ortho intramolecular Hbond substituents is 2. The zero-order valence-electron chi connectivity index (χ0n) is 37.2. The topological polar surface area (TPSA) is 239 Å². The lowest BCUT2D eigenvalue weighted by atomic mass is 9.86. The van der Waals surface area contributed by atoms with Crippen LogP contribution in [0.1, 0.15) is 83.9 Å². The van der Waals surface area contributed by atoms with Crippen LogP contribution in [-0.4, -0.2) is 102 Å². The number of phenols is 2. The maximum Gasteiger partial charge on any atom is 0.407 e. The molecular formula is C48H48N8O10. The molecule has 2 amide bonds. The first kappa shape index (κ1) is 43.5. The largest absolute Gasteiger partial charge is 0.508 e. The lowest BCUT2D eigenvalue weighted by molar-refractivity contribution is -0.172. The van der Waals surface area contributed by atoms with Gasteiger partial charge in [-0.1, -0.05) is 38.9 Å². The first-order chi connectivity index (χ1) is 31.4. The molecule has 3 aromatic carbocycles. The summed E-state index contributed by atoms with van der Waals surface area (Å²) in [5.41, 5.74) is 4.74. The second-order valence-electron chi connectivity index (χ2n) is 17.2. The molecule has 7 aromatic rings. The van der Waals surface area contributed by atoms with Gasteiger partial charge in [-0.3, -0.25) is 9.59 Å². The number of ether oxygens (including phenoxy) is 1. The second-order valence-corrected chi connectivity index (χ2v) is 17.2. The average molecular weight is 897 g/mol. The quantitative estimate of drug-likeness (QED) is 0.0956. The standard InChI is InChI=1S/C48H48N8O10/c1-7-28-30-15-25(9-11-35(30)49-41-32(28)22-55-37(41)19-34-33(43(55)59)23-66-45(61)48(34,65)8-2)21-54(47(63)64)14-13-52(5)44(60)38-17-26-16-27(10-12-36(26)53(38)6)56-42(50-51-46(56)62)31-18-29(24(3)4)39(57)20-40(31)58/h9-12,15-20,24,57-58,65H,7-8,13-14,21-23H2,1-6H3,(H,51,62)(H,63,64). The van der Waals surface area contributed by atoms with E-state index in [1.54, 1.807) is 72.6 Å². The molecule has 0 saturated heterocycles. The number of amides is 2. The van der Waals surface area contributed by atoms with Crippen LogP contribution in [0.15, 0.2) is 65.5 Å². The van der Waals surface area contributed by atoms with Crippen LogP contribution in [0, 0.1) is 0 Å². The molecule has 18 heteroatoms. The van der Waals surface area contributed by atoms with Crippen molar-refractivity contribution >= 4 is 39.8 Å². The van der Waals surface area contributed by atoms with Gasteiger partial charge in [0.15, 0.2) is 11.4 Å². The Morgan fingerprint density at radius 2 is 1.71 bits per heavy atom. The number of rotatable bonds is 11. The molecule has 4 aromatic heterocycles. The Bertz CT molecular complexity index is 3260. The number of carboxylic acid groups (broad SMARTS) is 1. The molecule has 0 aliphatic carbocycles. The van der Waals surface area contributed by atoms with Crippen molar-refractivity contribution in [2.75, 3.05) is 20.1 Å². The number of pyridine rings is 2. The molecule has 6 heterocycles. The van der Waals surface area contributed by atoms with Crippen LogP contribution in [-0.2, 0) is 48.3 Å². The Morgan fingerprint density at radius 3 is 2.42 bits per heavy atom. The van der Waals surface area contributed by atoms with Crippen LogP contribution >= 0.6 is 0 Å². The highest BCUT2D eigenvalue weighted by molar-refractivity contribution is 5.99. The second kappa shape index (κ2) is 16.1. The fourth-order valence-corrected chi connectivity index (χ4v) is 9.35. The molecule has 2 aliphatic rings. The van der Waals surface area contributed by atoms with E-state index in [9.17, 15) is 44.7 Å². The van der Waals surface area contributed by atoms with E-state index >= 15 is 0 Å². The van der Waals surface area contributed by atoms with Gasteiger partial charge in [0.2, 0.25) is 0 Å². The SMILES string of the molecule is CCc1c2c(nc3ccc(CN(CCN(C)C(=O)c4cc5cc(-n6c(O)nnc6-c6cc(C(C)C)c(O)cc6O)ccc5n4C)C(=O)O)cc13)-c1cc3c(c(=O)n1C2)COC(=O)C3(O)CC. The minimum atomic E-state index is -1.94. The number of aromatic nitrogens is 6. The Morgan fingerprint density at radius 1 is 0.939 bits per heavy atom. The van der Waals surface area contributed by atoms with Crippen molar-refractivity contribution < 1.29 is 44.7 Å². The first-order valence-electron chi connectivity index (χ1n) is 21.6. The minimum Gasteiger partial charge on any atom is -0.508 e. The van der Waals surface area contributed by atoms with Crippen molar-refractivity contribution in [3.63, 3.8) is 0 Å². The molecule has 9 rings (SSSR count). The molecule has 2 aliphatic heterocycles. The number of hydrogen-bond donors (Lipinski definition) is 5. The van der Waals surface area contributed by atoms with Crippen molar-refractivity contribution in [2.45, 2.75) is 71.8 Å². The zero-order chi connectivity index (χ0) is 47.1. The number of carbonyl (C=O) groups excluding carboxylic acids is 2. The minimum absolute atomic E-state index is 0.00427. The fourth-order valence-electron chi connectivity index (χ4n) is 9.35. The average Bonchev–Trinajstić information content (AvgIpc) is 3.97. The number of fused-ring (bicyclic) bond motifs is 6. The first-order valence-corrected chi connectivity index (χ1v) is 21.6. The van der Waals surface area contributed by atoms with Gasteiger partial charge >= 0.3 is 18.1 Å². The third-order valence-electron chi connectivity index (χ3n) is 13.1. The highest BCUT2D eigenvalue weighted by atomic mass is 16.6. The highest BCUT2D eigenvalue weighted by Crippen LogP contribution is 2.42. The summed E-state index contributed by atoms with van der Waals surface area (Å²) in [5, 5.41) is 63.0. The van der Waals surface area contributed by atoms with Gasteiger partial charge in [-0.05, 0) is 84.0 Å². The van der Waals surface area contributed by atoms with Gasteiger partial charge in [0, 0.05) is 67.2 Å². The molecule has 340 valence electrons. The van der Waals surface area contributed by atoms with Gasteiger partial charge in [0.25, 0.3) is 11.5 Å². The number of likely N-dealkylation sites (N-methyl/N-ethyl adjacent to an activating group) is 1. The van der Waals surface area contributed by atoms with E-state index < -0.39 is 23.7 Å². The summed E-state index contributed by atoms with van der Waals surface area (Å²) in [6.45, 7) is 7.57. The van der Waals surface area contributed by atoms with Gasteiger partial charge < -0.3 is 49.2 Å². The molecule has 1 atom stereocenters. The number of aryl methyl sites for hydroxylation is 2.